The van der Waals surface area contributed by atoms with Crippen LogP contribution in [0.25, 0.3) is 0 Å². The molecule has 1 aromatic rings. The van der Waals surface area contributed by atoms with E-state index in [4.69, 9.17) is 0 Å². The van der Waals surface area contributed by atoms with Gasteiger partial charge in [-0.3, -0.25) is 0 Å². The third-order valence-electron chi connectivity index (χ3n) is 2.92. The number of rotatable bonds is 5. The van der Waals surface area contributed by atoms with Gasteiger partial charge in [-0.05, 0) is 44.4 Å². The van der Waals surface area contributed by atoms with E-state index in [1.54, 1.807) is 0 Å². The number of nitrogens with one attached hydrogen (secondary N) is 1. The van der Waals surface area contributed by atoms with Crippen molar-refractivity contribution in [2.45, 2.75) is 39.2 Å². The second kappa shape index (κ2) is 5.82. The zero-order valence-electron chi connectivity index (χ0n) is 9.51. The molecule has 0 saturated carbocycles. The van der Waals surface area contributed by atoms with Gasteiger partial charge in [0.1, 0.15) is 0 Å². The molecule has 1 N–H and O–H groups in total. The molecule has 1 aromatic carbocycles. The summed E-state index contributed by atoms with van der Waals surface area (Å²) in [6, 6.07) is 9.32. The van der Waals surface area contributed by atoms with Crippen molar-refractivity contribution in [1.82, 2.24) is 5.32 Å². The normalized spacial score (nSPS) is 12.8. The summed E-state index contributed by atoms with van der Waals surface area (Å²) in [5.74, 6) is 0. The molecule has 0 heterocycles. The molecular weight excluding hydrogens is 170 g/mol. The zero-order valence-corrected chi connectivity index (χ0v) is 9.51. The second-order valence-corrected chi connectivity index (χ2v) is 3.86. The van der Waals surface area contributed by atoms with Crippen LogP contribution in [0.1, 0.15) is 30.9 Å². The molecule has 0 aliphatic carbocycles. The fourth-order valence-electron chi connectivity index (χ4n) is 1.77. The highest BCUT2D eigenvalue weighted by atomic mass is 14.9. The molecule has 0 spiro atoms. The van der Waals surface area contributed by atoms with E-state index < -0.39 is 0 Å². The van der Waals surface area contributed by atoms with E-state index >= 15 is 0 Å². The van der Waals surface area contributed by atoms with Crippen LogP contribution < -0.4 is 5.32 Å². The SMILES string of the molecule is CCC(CCc1ccccc1C)NC. The summed E-state index contributed by atoms with van der Waals surface area (Å²) in [5, 5.41) is 3.34. The predicted octanol–water partition coefficient (Wildman–Crippen LogP) is 2.93. The highest BCUT2D eigenvalue weighted by Gasteiger charge is 2.04. The van der Waals surface area contributed by atoms with Crippen molar-refractivity contribution in [3.8, 4) is 0 Å². The lowest BCUT2D eigenvalue weighted by atomic mass is 10.0. The van der Waals surface area contributed by atoms with Gasteiger partial charge in [-0.2, -0.15) is 0 Å². The highest BCUT2D eigenvalue weighted by Crippen LogP contribution is 2.11. The lowest BCUT2D eigenvalue weighted by Crippen LogP contribution is -2.24. The smallest absolute Gasteiger partial charge is 0.00646 e. The molecular formula is C13H21N. The Balaban J connectivity index is 2.49. The van der Waals surface area contributed by atoms with E-state index in [-0.39, 0.29) is 0 Å². The summed E-state index contributed by atoms with van der Waals surface area (Å²) in [6.07, 6.45) is 3.63. The van der Waals surface area contributed by atoms with Gasteiger partial charge in [-0.1, -0.05) is 31.2 Å². The van der Waals surface area contributed by atoms with Gasteiger partial charge in [-0.15, -0.1) is 0 Å². The molecule has 78 valence electrons. The summed E-state index contributed by atoms with van der Waals surface area (Å²) >= 11 is 0. The first-order valence-corrected chi connectivity index (χ1v) is 5.49. The fraction of sp³-hybridized carbons (Fsp3) is 0.538. The first kappa shape index (κ1) is 11.3. The van der Waals surface area contributed by atoms with Crippen molar-refractivity contribution < 1.29 is 0 Å². The minimum Gasteiger partial charge on any atom is -0.317 e. The molecule has 0 radical (unpaired) electrons. The van der Waals surface area contributed by atoms with E-state index in [0.717, 1.165) is 0 Å². The van der Waals surface area contributed by atoms with Crippen LogP contribution in [0.4, 0.5) is 0 Å². The maximum atomic E-state index is 3.34. The summed E-state index contributed by atoms with van der Waals surface area (Å²) in [6.45, 7) is 4.43. The topological polar surface area (TPSA) is 12.0 Å². The highest BCUT2D eigenvalue weighted by molar-refractivity contribution is 5.25. The van der Waals surface area contributed by atoms with Gasteiger partial charge in [0.15, 0.2) is 0 Å². The average molecular weight is 191 g/mol. The molecule has 0 aliphatic rings. The van der Waals surface area contributed by atoms with Crippen molar-refractivity contribution in [3.63, 3.8) is 0 Å². The minimum absolute atomic E-state index is 0.662. The Kier molecular flexibility index (Phi) is 4.68. The maximum Gasteiger partial charge on any atom is 0.00646 e. The summed E-state index contributed by atoms with van der Waals surface area (Å²) in [5.41, 5.74) is 2.90. The molecule has 0 amide bonds. The lowest BCUT2D eigenvalue weighted by Gasteiger charge is -2.14. The Morgan fingerprint density at radius 3 is 2.57 bits per heavy atom. The van der Waals surface area contributed by atoms with Crippen LogP contribution in [0, 0.1) is 6.92 Å². The molecule has 0 aliphatic heterocycles. The molecule has 1 heteroatoms. The summed E-state index contributed by atoms with van der Waals surface area (Å²) < 4.78 is 0. The van der Waals surface area contributed by atoms with Crippen molar-refractivity contribution >= 4 is 0 Å². The number of hydrogen-bond acceptors (Lipinski definition) is 1. The fourth-order valence-corrected chi connectivity index (χ4v) is 1.77. The Labute approximate surface area is 87.5 Å². The summed E-state index contributed by atoms with van der Waals surface area (Å²) in [7, 11) is 2.05. The molecule has 0 bridgehead atoms. The van der Waals surface area contributed by atoms with E-state index in [1.807, 2.05) is 7.05 Å². The largest absolute Gasteiger partial charge is 0.317 e. The van der Waals surface area contributed by atoms with Gasteiger partial charge < -0.3 is 5.32 Å². The molecule has 1 nitrogen and oxygen atoms in total. The Morgan fingerprint density at radius 2 is 2.00 bits per heavy atom. The molecule has 0 saturated heterocycles. The van der Waals surface area contributed by atoms with E-state index in [9.17, 15) is 0 Å². The van der Waals surface area contributed by atoms with Crippen LogP contribution in [-0.4, -0.2) is 13.1 Å². The zero-order chi connectivity index (χ0) is 10.4. The van der Waals surface area contributed by atoms with Gasteiger partial charge in [0.2, 0.25) is 0 Å². The van der Waals surface area contributed by atoms with Gasteiger partial charge in [0, 0.05) is 6.04 Å². The quantitative estimate of drug-likeness (QED) is 0.754. The lowest BCUT2D eigenvalue weighted by molar-refractivity contribution is 0.508. The monoisotopic (exact) mass is 191 g/mol. The van der Waals surface area contributed by atoms with E-state index in [1.165, 1.54) is 30.4 Å². The van der Waals surface area contributed by atoms with Crippen LogP contribution in [0.15, 0.2) is 24.3 Å². The molecule has 14 heavy (non-hydrogen) atoms. The van der Waals surface area contributed by atoms with Gasteiger partial charge in [0.25, 0.3) is 0 Å². The van der Waals surface area contributed by atoms with Crippen molar-refractivity contribution in [1.29, 1.82) is 0 Å². The standard InChI is InChI=1S/C13H21N/c1-4-13(14-3)10-9-12-8-6-5-7-11(12)2/h5-8,13-14H,4,9-10H2,1-3H3. The molecule has 1 rings (SSSR count). The van der Waals surface area contributed by atoms with Gasteiger partial charge in [0.05, 0.1) is 0 Å². The average Bonchev–Trinajstić information content (AvgIpc) is 2.22. The Bertz CT molecular complexity index is 264. The van der Waals surface area contributed by atoms with E-state index in [2.05, 4.69) is 43.4 Å². The molecule has 0 fully saturated rings. The van der Waals surface area contributed by atoms with Crippen LogP contribution in [0.3, 0.4) is 0 Å². The van der Waals surface area contributed by atoms with Gasteiger partial charge >= 0.3 is 0 Å². The van der Waals surface area contributed by atoms with Crippen molar-refractivity contribution in [2.75, 3.05) is 7.05 Å². The van der Waals surface area contributed by atoms with Crippen LogP contribution in [0.5, 0.6) is 0 Å². The van der Waals surface area contributed by atoms with Gasteiger partial charge in [-0.25, -0.2) is 0 Å². The molecule has 0 aromatic heterocycles. The van der Waals surface area contributed by atoms with E-state index in [0.29, 0.717) is 6.04 Å². The van der Waals surface area contributed by atoms with Crippen LogP contribution in [0.2, 0.25) is 0 Å². The first-order chi connectivity index (χ1) is 6.77. The second-order valence-electron chi connectivity index (χ2n) is 3.86. The maximum absolute atomic E-state index is 3.34. The number of aryl methyl sites for hydroxylation is 2. The number of hydrogen-bond donors (Lipinski definition) is 1. The van der Waals surface area contributed by atoms with Crippen LogP contribution in [-0.2, 0) is 6.42 Å². The molecule has 1 unspecified atom stereocenters. The van der Waals surface area contributed by atoms with Crippen molar-refractivity contribution in [2.24, 2.45) is 0 Å². The third kappa shape index (κ3) is 3.15. The minimum atomic E-state index is 0.662. The van der Waals surface area contributed by atoms with Crippen LogP contribution >= 0.6 is 0 Å². The predicted molar refractivity (Wildman–Crippen MR) is 62.6 cm³/mol. The Hall–Kier alpha value is -0.820. The Morgan fingerprint density at radius 1 is 1.29 bits per heavy atom. The number of benzene rings is 1. The first-order valence-electron chi connectivity index (χ1n) is 5.49. The molecule has 1 atom stereocenters. The third-order valence-corrected chi connectivity index (χ3v) is 2.92. The summed E-state index contributed by atoms with van der Waals surface area (Å²) in [4.78, 5) is 0. The van der Waals surface area contributed by atoms with Crippen molar-refractivity contribution in [3.05, 3.63) is 35.4 Å².